The van der Waals surface area contributed by atoms with Crippen molar-refractivity contribution in [1.82, 2.24) is 9.97 Å². The van der Waals surface area contributed by atoms with Crippen molar-refractivity contribution in [2.24, 2.45) is 0 Å². The molecule has 2 rings (SSSR count). The van der Waals surface area contributed by atoms with Gasteiger partial charge in [-0.15, -0.1) is 0 Å². The van der Waals surface area contributed by atoms with Crippen LogP contribution in [-0.4, -0.2) is 9.97 Å². The van der Waals surface area contributed by atoms with Gasteiger partial charge >= 0.3 is 0 Å². The fourth-order valence-electron chi connectivity index (χ4n) is 1.16. The molecule has 13 heavy (non-hydrogen) atoms. The van der Waals surface area contributed by atoms with E-state index < -0.39 is 0 Å². The Morgan fingerprint density at radius 1 is 1.54 bits per heavy atom. The van der Waals surface area contributed by atoms with Crippen LogP contribution in [0.1, 0.15) is 5.82 Å². The highest BCUT2D eigenvalue weighted by Gasteiger charge is 2.07. The Labute approximate surface area is 87.2 Å². The summed E-state index contributed by atoms with van der Waals surface area (Å²) in [5, 5.41) is 0.929. The van der Waals surface area contributed by atoms with E-state index in [1.807, 2.05) is 0 Å². The largest absolute Gasteiger partial charge is 0.341 e. The van der Waals surface area contributed by atoms with E-state index in [9.17, 15) is 4.39 Å². The number of hydrogen-bond acceptors (Lipinski definition) is 1. The van der Waals surface area contributed by atoms with Crippen LogP contribution in [0.4, 0.5) is 4.39 Å². The minimum atomic E-state index is -0.359. The standard InChI is InChI=1S/C8H5BrClFN2/c9-3-7-12-6-2-4(11)1-5(10)8(6)13-7/h1-2H,3H2,(H,12,13). The van der Waals surface area contributed by atoms with Crippen LogP contribution < -0.4 is 0 Å². The smallest absolute Gasteiger partial charge is 0.126 e. The molecule has 0 amide bonds. The molecule has 0 atom stereocenters. The Hall–Kier alpha value is -0.610. The van der Waals surface area contributed by atoms with Gasteiger partial charge < -0.3 is 4.98 Å². The van der Waals surface area contributed by atoms with Crippen LogP contribution in [0.15, 0.2) is 12.1 Å². The molecule has 1 aromatic heterocycles. The van der Waals surface area contributed by atoms with Crippen LogP contribution in [0.2, 0.25) is 5.02 Å². The number of imidazole rings is 1. The first kappa shape index (κ1) is 8.97. The predicted molar refractivity (Wildman–Crippen MR) is 53.7 cm³/mol. The molecule has 0 aliphatic heterocycles. The minimum Gasteiger partial charge on any atom is -0.341 e. The van der Waals surface area contributed by atoms with Crippen molar-refractivity contribution in [2.75, 3.05) is 0 Å². The first-order valence-electron chi connectivity index (χ1n) is 3.60. The molecule has 0 aliphatic carbocycles. The Balaban J connectivity index is 2.75. The summed E-state index contributed by atoms with van der Waals surface area (Å²) in [7, 11) is 0. The molecule has 5 heteroatoms. The SMILES string of the molecule is Fc1cc(Cl)c2nc(CBr)[nH]c2c1. The van der Waals surface area contributed by atoms with Gasteiger partial charge in [-0.1, -0.05) is 27.5 Å². The van der Waals surface area contributed by atoms with Crippen molar-refractivity contribution in [3.63, 3.8) is 0 Å². The summed E-state index contributed by atoms with van der Waals surface area (Å²) in [5.41, 5.74) is 1.23. The van der Waals surface area contributed by atoms with E-state index in [1.54, 1.807) is 0 Å². The molecule has 1 heterocycles. The molecular weight excluding hydrogens is 258 g/mol. The Morgan fingerprint density at radius 3 is 3.00 bits per heavy atom. The van der Waals surface area contributed by atoms with E-state index in [2.05, 4.69) is 25.9 Å². The number of nitrogens with zero attached hydrogens (tertiary/aromatic N) is 1. The van der Waals surface area contributed by atoms with Crippen LogP contribution in [0.3, 0.4) is 0 Å². The first-order valence-corrected chi connectivity index (χ1v) is 5.10. The fourth-order valence-corrected chi connectivity index (χ4v) is 1.67. The summed E-state index contributed by atoms with van der Waals surface area (Å²) in [6, 6.07) is 2.63. The van der Waals surface area contributed by atoms with E-state index in [1.165, 1.54) is 12.1 Å². The molecule has 0 radical (unpaired) electrons. The highest BCUT2D eigenvalue weighted by atomic mass is 79.9. The maximum atomic E-state index is 12.9. The van der Waals surface area contributed by atoms with Gasteiger partial charge in [-0.3, -0.25) is 0 Å². The third-order valence-corrected chi connectivity index (χ3v) is 2.50. The normalized spacial score (nSPS) is 11.0. The number of nitrogens with one attached hydrogen (secondary N) is 1. The van der Waals surface area contributed by atoms with Crippen molar-refractivity contribution >= 4 is 38.6 Å². The number of benzene rings is 1. The minimum absolute atomic E-state index is 0.332. The Bertz CT molecular complexity index is 455. The number of halogens is 3. The lowest BCUT2D eigenvalue weighted by atomic mass is 10.3. The van der Waals surface area contributed by atoms with E-state index in [-0.39, 0.29) is 5.82 Å². The molecular formula is C8H5BrClFN2. The van der Waals surface area contributed by atoms with Gasteiger partial charge in [0, 0.05) is 0 Å². The third-order valence-electron chi connectivity index (χ3n) is 1.68. The molecule has 0 fully saturated rings. The fraction of sp³-hybridized carbons (Fsp3) is 0.125. The van der Waals surface area contributed by atoms with Crippen LogP contribution in [-0.2, 0) is 5.33 Å². The van der Waals surface area contributed by atoms with Crippen molar-refractivity contribution in [3.8, 4) is 0 Å². The van der Waals surface area contributed by atoms with Crippen molar-refractivity contribution in [2.45, 2.75) is 5.33 Å². The molecule has 2 nitrogen and oxygen atoms in total. The lowest BCUT2D eigenvalue weighted by Crippen LogP contribution is -1.76. The lowest BCUT2D eigenvalue weighted by Gasteiger charge is -1.91. The highest BCUT2D eigenvalue weighted by molar-refractivity contribution is 9.08. The third kappa shape index (κ3) is 1.56. The number of aromatic nitrogens is 2. The van der Waals surface area contributed by atoms with E-state index in [0.29, 0.717) is 21.4 Å². The number of hydrogen-bond donors (Lipinski definition) is 1. The van der Waals surface area contributed by atoms with Crippen LogP contribution in [0.25, 0.3) is 11.0 Å². The molecule has 68 valence electrons. The average Bonchev–Trinajstić information content (AvgIpc) is 2.47. The summed E-state index contributed by atoms with van der Waals surface area (Å²) in [6.45, 7) is 0. The summed E-state index contributed by atoms with van der Waals surface area (Å²) in [6.07, 6.45) is 0. The average molecular weight is 263 g/mol. The Morgan fingerprint density at radius 2 is 2.31 bits per heavy atom. The topological polar surface area (TPSA) is 28.7 Å². The van der Waals surface area contributed by atoms with Gasteiger partial charge in [-0.05, 0) is 12.1 Å². The van der Waals surface area contributed by atoms with Crippen LogP contribution in [0.5, 0.6) is 0 Å². The molecule has 0 saturated carbocycles. The van der Waals surface area contributed by atoms with Crippen LogP contribution >= 0.6 is 27.5 Å². The summed E-state index contributed by atoms with van der Waals surface area (Å²) < 4.78 is 12.9. The van der Waals surface area contributed by atoms with Crippen LogP contribution in [0, 0.1) is 5.82 Å². The summed E-state index contributed by atoms with van der Waals surface area (Å²) in [5.74, 6) is 0.379. The van der Waals surface area contributed by atoms with Crippen molar-refractivity contribution in [1.29, 1.82) is 0 Å². The van der Waals surface area contributed by atoms with Crippen molar-refractivity contribution < 1.29 is 4.39 Å². The number of alkyl halides is 1. The second-order valence-corrected chi connectivity index (χ2v) is 3.57. The zero-order valence-corrected chi connectivity index (χ0v) is 8.78. The molecule has 2 aromatic rings. The number of rotatable bonds is 1. The second kappa shape index (κ2) is 3.27. The monoisotopic (exact) mass is 262 g/mol. The van der Waals surface area contributed by atoms with Gasteiger partial charge in [0.15, 0.2) is 0 Å². The van der Waals surface area contributed by atoms with Gasteiger partial charge in [0.05, 0.1) is 15.9 Å². The van der Waals surface area contributed by atoms with Gasteiger partial charge in [0.2, 0.25) is 0 Å². The molecule has 1 N–H and O–H groups in total. The zero-order chi connectivity index (χ0) is 9.42. The lowest BCUT2D eigenvalue weighted by molar-refractivity contribution is 0.629. The highest BCUT2D eigenvalue weighted by Crippen LogP contribution is 2.23. The molecule has 0 unspecified atom stereocenters. The molecule has 0 aliphatic rings. The Kier molecular flexibility index (Phi) is 2.26. The van der Waals surface area contributed by atoms with Crippen molar-refractivity contribution in [3.05, 3.63) is 28.8 Å². The number of fused-ring (bicyclic) bond motifs is 1. The van der Waals surface area contributed by atoms with Gasteiger partial charge in [-0.2, -0.15) is 0 Å². The predicted octanol–water partition coefficient (Wildman–Crippen LogP) is 3.25. The van der Waals surface area contributed by atoms with Gasteiger partial charge in [0.25, 0.3) is 0 Å². The van der Waals surface area contributed by atoms with E-state index >= 15 is 0 Å². The van der Waals surface area contributed by atoms with Gasteiger partial charge in [0.1, 0.15) is 17.2 Å². The molecule has 0 spiro atoms. The maximum absolute atomic E-state index is 12.9. The van der Waals surface area contributed by atoms with E-state index in [4.69, 9.17) is 11.6 Å². The maximum Gasteiger partial charge on any atom is 0.126 e. The zero-order valence-electron chi connectivity index (χ0n) is 6.44. The van der Waals surface area contributed by atoms with E-state index in [0.717, 1.165) is 5.82 Å². The quantitative estimate of drug-likeness (QED) is 0.786. The summed E-state index contributed by atoms with van der Waals surface area (Å²) >= 11 is 9.04. The summed E-state index contributed by atoms with van der Waals surface area (Å²) in [4.78, 5) is 7.12. The first-order chi connectivity index (χ1) is 6.20. The molecule has 0 bridgehead atoms. The molecule has 0 saturated heterocycles. The number of H-pyrrole nitrogens is 1. The van der Waals surface area contributed by atoms with Gasteiger partial charge in [-0.25, -0.2) is 9.37 Å². The molecule has 1 aromatic carbocycles. The second-order valence-electron chi connectivity index (χ2n) is 2.60. The number of aromatic amines is 1.